The first-order valence-corrected chi connectivity index (χ1v) is 7.20. The summed E-state index contributed by atoms with van der Waals surface area (Å²) in [4.78, 5) is 0. The standard InChI is InChI=1S/C16H24N2/c1-11(2)12-7-6-10-16(3)13-8-4-5-9-14(13)18(17)15(12)16/h4,7-8,11,15H,5-6,9-10,17H2,1-3H3. The maximum absolute atomic E-state index is 6.46. The molecule has 0 saturated carbocycles. The van der Waals surface area contributed by atoms with Gasteiger partial charge < -0.3 is 5.01 Å². The van der Waals surface area contributed by atoms with Crippen LogP contribution < -0.4 is 5.84 Å². The van der Waals surface area contributed by atoms with E-state index < -0.39 is 0 Å². The molecule has 0 saturated heterocycles. The Balaban J connectivity index is 2.08. The zero-order valence-electron chi connectivity index (χ0n) is 11.7. The molecule has 3 rings (SSSR count). The molecule has 2 N–H and O–H groups in total. The third kappa shape index (κ3) is 1.45. The van der Waals surface area contributed by atoms with Crippen molar-refractivity contribution < 1.29 is 0 Å². The third-order valence-corrected chi connectivity index (χ3v) is 4.98. The van der Waals surface area contributed by atoms with Gasteiger partial charge in [0.2, 0.25) is 0 Å². The lowest BCUT2D eigenvalue weighted by Crippen LogP contribution is -2.47. The van der Waals surface area contributed by atoms with Crippen LogP contribution in [0.1, 0.15) is 46.5 Å². The number of nitrogens with zero attached hydrogens (tertiary/aromatic N) is 1. The molecule has 0 aromatic carbocycles. The molecule has 2 aliphatic carbocycles. The average molecular weight is 244 g/mol. The largest absolute Gasteiger partial charge is 0.307 e. The first-order chi connectivity index (χ1) is 8.55. The molecule has 0 radical (unpaired) electrons. The summed E-state index contributed by atoms with van der Waals surface area (Å²) in [6.07, 6.45) is 11.7. The van der Waals surface area contributed by atoms with Gasteiger partial charge in [-0.15, -0.1) is 0 Å². The van der Waals surface area contributed by atoms with E-state index in [0.717, 1.165) is 12.8 Å². The maximum Gasteiger partial charge on any atom is 0.0755 e. The second kappa shape index (κ2) is 3.99. The molecule has 18 heavy (non-hydrogen) atoms. The van der Waals surface area contributed by atoms with Crippen LogP contribution in [0.4, 0.5) is 0 Å². The van der Waals surface area contributed by atoms with E-state index in [9.17, 15) is 0 Å². The van der Waals surface area contributed by atoms with E-state index in [0.29, 0.717) is 12.0 Å². The fraction of sp³-hybridized carbons (Fsp3) is 0.625. The number of hydrogen-bond acceptors (Lipinski definition) is 2. The van der Waals surface area contributed by atoms with Gasteiger partial charge in [0, 0.05) is 11.1 Å². The number of hydrogen-bond donors (Lipinski definition) is 1. The lowest BCUT2D eigenvalue weighted by molar-refractivity contribution is 0.177. The van der Waals surface area contributed by atoms with Crippen LogP contribution in [0.2, 0.25) is 0 Å². The Labute approximate surface area is 110 Å². The predicted octanol–water partition coefficient (Wildman–Crippen LogP) is 3.53. The highest BCUT2D eigenvalue weighted by Crippen LogP contribution is 2.54. The second-order valence-electron chi connectivity index (χ2n) is 6.43. The van der Waals surface area contributed by atoms with Crippen LogP contribution in [0.15, 0.2) is 35.1 Å². The van der Waals surface area contributed by atoms with E-state index in [1.165, 1.54) is 29.7 Å². The van der Waals surface area contributed by atoms with Crippen molar-refractivity contribution in [2.24, 2.45) is 17.2 Å². The Bertz CT molecular complexity index is 456. The smallest absolute Gasteiger partial charge is 0.0755 e. The molecule has 0 spiro atoms. The maximum atomic E-state index is 6.46. The number of hydrazine groups is 1. The summed E-state index contributed by atoms with van der Waals surface area (Å²) < 4.78 is 0. The molecule has 2 unspecified atom stereocenters. The molecule has 98 valence electrons. The molecule has 0 aromatic rings. The Hall–Kier alpha value is -1.02. The molecule has 1 heterocycles. The summed E-state index contributed by atoms with van der Waals surface area (Å²) in [6, 6.07) is 0.388. The minimum atomic E-state index is 0.232. The number of fused-ring (bicyclic) bond motifs is 2. The van der Waals surface area contributed by atoms with Crippen LogP contribution in [-0.2, 0) is 0 Å². The monoisotopic (exact) mass is 244 g/mol. The Morgan fingerprint density at radius 1 is 1.39 bits per heavy atom. The van der Waals surface area contributed by atoms with Crippen LogP contribution in [-0.4, -0.2) is 11.1 Å². The van der Waals surface area contributed by atoms with E-state index in [1.807, 2.05) is 0 Å². The summed E-state index contributed by atoms with van der Waals surface area (Å²) in [5.41, 5.74) is 4.66. The van der Waals surface area contributed by atoms with Crippen molar-refractivity contribution in [2.45, 2.75) is 52.5 Å². The molecule has 0 aromatic heterocycles. The first kappa shape index (κ1) is 12.0. The number of nitrogens with two attached hydrogens (primary N) is 1. The minimum absolute atomic E-state index is 0.232. The lowest BCUT2D eigenvalue weighted by atomic mass is 9.66. The van der Waals surface area contributed by atoms with Crippen LogP contribution >= 0.6 is 0 Å². The van der Waals surface area contributed by atoms with E-state index in [1.54, 1.807) is 0 Å². The summed E-state index contributed by atoms with van der Waals surface area (Å²) in [5, 5.41) is 2.09. The van der Waals surface area contributed by atoms with Crippen molar-refractivity contribution in [2.75, 3.05) is 0 Å². The van der Waals surface area contributed by atoms with Gasteiger partial charge in [0.25, 0.3) is 0 Å². The number of allylic oxidation sites excluding steroid dienone is 4. The summed E-state index contributed by atoms with van der Waals surface area (Å²) in [5.74, 6) is 7.05. The van der Waals surface area contributed by atoms with Crippen molar-refractivity contribution in [3.8, 4) is 0 Å². The average Bonchev–Trinajstić information content (AvgIpc) is 2.59. The van der Waals surface area contributed by atoms with Crippen molar-refractivity contribution in [1.29, 1.82) is 0 Å². The minimum Gasteiger partial charge on any atom is -0.307 e. The summed E-state index contributed by atoms with van der Waals surface area (Å²) in [6.45, 7) is 6.99. The van der Waals surface area contributed by atoms with Gasteiger partial charge in [-0.05, 0) is 42.7 Å². The van der Waals surface area contributed by atoms with Crippen molar-refractivity contribution >= 4 is 0 Å². The highest BCUT2D eigenvalue weighted by atomic mass is 15.4. The third-order valence-electron chi connectivity index (χ3n) is 4.98. The lowest BCUT2D eigenvalue weighted by Gasteiger charge is -2.42. The normalized spacial score (nSPS) is 34.8. The van der Waals surface area contributed by atoms with Gasteiger partial charge in [0.1, 0.15) is 0 Å². The van der Waals surface area contributed by atoms with Crippen molar-refractivity contribution in [3.63, 3.8) is 0 Å². The highest BCUT2D eigenvalue weighted by Gasteiger charge is 2.50. The predicted molar refractivity (Wildman–Crippen MR) is 75.5 cm³/mol. The van der Waals surface area contributed by atoms with E-state index in [4.69, 9.17) is 5.84 Å². The fourth-order valence-corrected chi connectivity index (χ4v) is 4.05. The van der Waals surface area contributed by atoms with Gasteiger partial charge in [0.05, 0.1) is 6.04 Å². The van der Waals surface area contributed by atoms with Gasteiger partial charge in [-0.1, -0.05) is 39.0 Å². The van der Waals surface area contributed by atoms with Crippen molar-refractivity contribution in [1.82, 2.24) is 5.01 Å². The highest BCUT2D eigenvalue weighted by molar-refractivity contribution is 5.45. The van der Waals surface area contributed by atoms with E-state index >= 15 is 0 Å². The van der Waals surface area contributed by atoms with Crippen molar-refractivity contribution in [3.05, 3.63) is 35.1 Å². The molecule has 2 heteroatoms. The Morgan fingerprint density at radius 2 is 2.17 bits per heavy atom. The topological polar surface area (TPSA) is 29.3 Å². The molecule has 2 atom stereocenters. The molecule has 2 nitrogen and oxygen atoms in total. The van der Waals surface area contributed by atoms with E-state index in [-0.39, 0.29) is 5.41 Å². The van der Waals surface area contributed by atoms with Gasteiger partial charge >= 0.3 is 0 Å². The SMILES string of the molecule is CC(C)C1=CCCC2(C)C3=C(CCC=C3)N(N)C12. The Kier molecular flexibility index (Phi) is 2.67. The van der Waals surface area contributed by atoms with E-state index in [2.05, 4.69) is 44.0 Å². The number of rotatable bonds is 1. The quantitative estimate of drug-likeness (QED) is 0.565. The second-order valence-corrected chi connectivity index (χ2v) is 6.43. The fourth-order valence-electron chi connectivity index (χ4n) is 4.05. The summed E-state index contributed by atoms with van der Waals surface area (Å²) in [7, 11) is 0. The van der Waals surface area contributed by atoms with Crippen LogP contribution in [0.25, 0.3) is 0 Å². The van der Waals surface area contributed by atoms with Crippen LogP contribution in [0.5, 0.6) is 0 Å². The zero-order valence-corrected chi connectivity index (χ0v) is 11.7. The van der Waals surface area contributed by atoms with Gasteiger partial charge in [-0.2, -0.15) is 0 Å². The molecular formula is C16H24N2. The Morgan fingerprint density at radius 3 is 2.89 bits per heavy atom. The van der Waals surface area contributed by atoms with Gasteiger partial charge in [-0.3, -0.25) is 0 Å². The zero-order chi connectivity index (χ0) is 12.9. The van der Waals surface area contributed by atoms with Crippen LogP contribution in [0, 0.1) is 11.3 Å². The first-order valence-electron chi connectivity index (χ1n) is 7.20. The molecule has 1 aliphatic heterocycles. The molecular weight excluding hydrogens is 220 g/mol. The summed E-state index contributed by atoms with van der Waals surface area (Å²) >= 11 is 0. The molecule has 0 bridgehead atoms. The van der Waals surface area contributed by atoms with Crippen LogP contribution in [0.3, 0.4) is 0 Å². The molecule has 0 fully saturated rings. The molecule has 3 aliphatic rings. The van der Waals surface area contributed by atoms with Gasteiger partial charge in [0.15, 0.2) is 0 Å². The molecule has 0 amide bonds. The van der Waals surface area contributed by atoms with Gasteiger partial charge in [-0.25, -0.2) is 5.84 Å².